The van der Waals surface area contributed by atoms with Crippen molar-refractivity contribution in [2.45, 2.75) is 71.0 Å². The lowest BCUT2D eigenvalue weighted by molar-refractivity contribution is -0.134. The average molecular weight is 527 g/mol. The zero-order valence-corrected chi connectivity index (χ0v) is 22.2. The Kier molecular flexibility index (Phi) is 10.3. The van der Waals surface area contributed by atoms with Gasteiger partial charge in [0.05, 0.1) is 0 Å². The molecule has 0 spiro atoms. The molecule has 1 aliphatic rings. The van der Waals surface area contributed by atoms with Crippen LogP contribution in [0.5, 0.6) is 0 Å². The summed E-state index contributed by atoms with van der Waals surface area (Å²) >= 11 is 0. The van der Waals surface area contributed by atoms with Crippen molar-refractivity contribution in [2.24, 2.45) is 5.92 Å². The zero-order chi connectivity index (χ0) is 27.7. The molecule has 0 unspecified atom stereocenters. The SMILES string of the molecule is CC(C)[C@@H]1NC(=O)[C@@H](Cc2c[nH]c3ccccc23)NC(=O)[C@H](C)NC(=O)CCNC(=O)CCCCNC1=O. The maximum atomic E-state index is 13.5. The maximum Gasteiger partial charge on any atom is 0.243 e. The monoisotopic (exact) mass is 526 g/mol. The van der Waals surface area contributed by atoms with Crippen molar-refractivity contribution in [3.8, 4) is 0 Å². The molecule has 0 bridgehead atoms. The third-order valence-corrected chi connectivity index (χ3v) is 6.55. The fraction of sp³-hybridized carbons (Fsp3) is 0.519. The van der Waals surface area contributed by atoms with Crippen LogP contribution in [0.1, 0.15) is 52.0 Å². The van der Waals surface area contributed by atoms with E-state index in [2.05, 4.69) is 31.6 Å². The summed E-state index contributed by atoms with van der Waals surface area (Å²) in [5, 5.41) is 14.6. The van der Waals surface area contributed by atoms with Gasteiger partial charge in [-0.3, -0.25) is 24.0 Å². The highest BCUT2D eigenvalue weighted by Crippen LogP contribution is 2.19. The molecule has 1 aliphatic heterocycles. The van der Waals surface area contributed by atoms with Crippen LogP contribution in [0.15, 0.2) is 30.5 Å². The second-order valence-corrected chi connectivity index (χ2v) is 9.99. The van der Waals surface area contributed by atoms with Crippen molar-refractivity contribution in [1.29, 1.82) is 0 Å². The topological polar surface area (TPSA) is 161 Å². The van der Waals surface area contributed by atoms with Crippen molar-refractivity contribution in [2.75, 3.05) is 13.1 Å². The highest BCUT2D eigenvalue weighted by Gasteiger charge is 2.30. The number of aromatic nitrogens is 1. The van der Waals surface area contributed by atoms with Crippen LogP contribution >= 0.6 is 0 Å². The first-order valence-corrected chi connectivity index (χ1v) is 13.1. The molecule has 206 valence electrons. The normalized spacial score (nSPS) is 23.4. The van der Waals surface area contributed by atoms with Crippen molar-refractivity contribution in [1.82, 2.24) is 31.6 Å². The minimum Gasteiger partial charge on any atom is -0.361 e. The van der Waals surface area contributed by atoms with Crippen LogP contribution in [0.25, 0.3) is 10.9 Å². The van der Waals surface area contributed by atoms with Gasteiger partial charge in [0.2, 0.25) is 29.5 Å². The molecule has 1 aromatic carbocycles. The summed E-state index contributed by atoms with van der Waals surface area (Å²) in [5.74, 6) is -2.14. The quantitative estimate of drug-likeness (QED) is 0.346. The molecule has 6 N–H and O–H groups in total. The molecule has 3 rings (SSSR count). The summed E-state index contributed by atoms with van der Waals surface area (Å²) < 4.78 is 0. The molecule has 0 radical (unpaired) electrons. The number of rotatable bonds is 3. The van der Waals surface area contributed by atoms with Crippen LogP contribution in [-0.4, -0.2) is 65.7 Å². The fourth-order valence-corrected chi connectivity index (χ4v) is 4.33. The van der Waals surface area contributed by atoms with Gasteiger partial charge < -0.3 is 31.6 Å². The number of benzene rings is 1. The first-order chi connectivity index (χ1) is 18.2. The molecule has 2 heterocycles. The van der Waals surface area contributed by atoms with E-state index in [0.29, 0.717) is 19.4 Å². The number of hydrogen-bond donors (Lipinski definition) is 6. The van der Waals surface area contributed by atoms with Gasteiger partial charge in [0.15, 0.2) is 0 Å². The molecule has 1 saturated heterocycles. The lowest BCUT2D eigenvalue weighted by Gasteiger charge is -2.26. The molecule has 5 amide bonds. The first kappa shape index (κ1) is 28.7. The average Bonchev–Trinajstić information content (AvgIpc) is 3.28. The molecule has 0 saturated carbocycles. The fourth-order valence-electron chi connectivity index (χ4n) is 4.33. The predicted octanol–water partition coefficient (Wildman–Crippen LogP) is 0.647. The van der Waals surface area contributed by atoms with Gasteiger partial charge >= 0.3 is 0 Å². The van der Waals surface area contributed by atoms with Gasteiger partial charge in [0, 0.05) is 49.5 Å². The molecule has 11 nitrogen and oxygen atoms in total. The van der Waals surface area contributed by atoms with Crippen molar-refractivity contribution >= 4 is 40.4 Å². The van der Waals surface area contributed by atoms with E-state index in [4.69, 9.17) is 0 Å². The van der Waals surface area contributed by atoms with E-state index in [1.807, 2.05) is 38.1 Å². The molecule has 1 fully saturated rings. The Morgan fingerprint density at radius 3 is 2.34 bits per heavy atom. The summed E-state index contributed by atoms with van der Waals surface area (Å²) in [6, 6.07) is 4.92. The molecule has 11 heteroatoms. The minimum atomic E-state index is -0.989. The third kappa shape index (κ3) is 8.06. The van der Waals surface area contributed by atoms with Crippen LogP contribution in [0.2, 0.25) is 0 Å². The van der Waals surface area contributed by atoms with E-state index in [9.17, 15) is 24.0 Å². The Labute approximate surface area is 222 Å². The van der Waals surface area contributed by atoms with Crippen molar-refractivity contribution in [3.05, 3.63) is 36.0 Å². The van der Waals surface area contributed by atoms with Crippen LogP contribution in [0, 0.1) is 5.92 Å². The summed E-state index contributed by atoms with van der Waals surface area (Å²) in [7, 11) is 0. The number of H-pyrrole nitrogens is 1. The Morgan fingerprint density at radius 2 is 1.58 bits per heavy atom. The van der Waals surface area contributed by atoms with Gasteiger partial charge in [-0.15, -0.1) is 0 Å². The highest BCUT2D eigenvalue weighted by molar-refractivity contribution is 5.95. The van der Waals surface area contributed by atoms with Crippen LogP contribution in [0.3, 0.4) is 0 Å². The number of amides is 5. The Morgan fingerprint density at radius 1 is 0.816 bits per heavy atom. The van der Waals surface area contributed by atoms with Gasteiger partial charge in [0.1, 0.15) is 18.1 Å². The van der Waals surface area contributed by atoms with E-state index >= 15 is 0 Å². The number of carbonyl (C=O) groups is 5. The van der Waals surface area contributed by atoms with Crippen LogP contribution < -0.4 is 26.6 Å². The maximum absolute atomic E-state index is 13.5. The molecule has 3 atom stereocenters. The van der Waals surface area contributed by atoms with Gasteiger partial charge in [0.25, 0.3) is 0 Å². The number of nitrogens with one attached hydrogen (secondary N) is 6. The summed E-state index contributed by atoms with van der Waals surface area (Å²) in [6.07, 6.45) is 3.44. The number of para-hydroxylation sites is 1. The second-order valence-electron chi connectivity index (χ2n) is 9.99. The summed E-state index contributed by atoms with van der Waals surface area (Å²) in [5.41, 5.74) is 1.73. The molecule has 0 aliphatic carbocycles. The Bertz CT molecular complexity index is 1160. The Hall–Kier alpha value is -3.89. The van der Waals surface area contributed by atoms with Gasteiger partial charge in [-0.05, 0) is 37.3 Å². The van der Waals surface area contributed by atoms with Crippen molar-refractivity contribution in [3.63, 3.8) is 0 Å². The van der Waals surface area contributed by atoms with Gasteiger partial charge in [-0.25, -0.2) is 0 Å². The Balaban J connectivity index is 1.84. The van der Waals surface area contributed by atoms with E-state index < -0.39 is 35.8 Å². The predicted molar refractivity (Wildman–Crippen MR) is 143 cm³/mol. The number of hydrogen-bond acceptors (Lipinski definition) is 5. The standard InChI is InChI=1S/C27H38N6O5/c1-16(2)24-27(38)29-12-7-6-10-22(34)28-13-11-23(35)31-17(3)25(36)32-21(26(37)33-24)14-18-15-30-20-9-5-4-8-19(18)20/h4-5,8-9,15-17,21,24,30H,6-7,10-14H2,1-3H3,(H,28,34)(H,29,38)(H,31,35)(H,32,36)(H,33,37)/t17-,21+,24-/m0/s1. The number of fused-ring (bicyclic) bond motifs is 1. The zero-order valence-electron chi connectivity index (χ0n) is 22.2. The molecular formula is C27H38N6O5. The van der Waals surface area contributed by atoms with Gasteiger partial charge in [-0.1, -0.05) is 32.0 Å². The summed E-state index contributed by atoms with van der Waals surface area (Å²) in [6.45, 7) is 5.70. The highest BCUT2D eigenvalue weighted by atomic mass is 16.2. The van der Waals surface area contributed by atoms with Crippen LogP contribution in [0.4, 0.5) is 0 Å². The van der Waals surface area contributed by atoms with E-state index in [0.717, 1.165) is 16.5 Å². The largest absolute Gasteiger partial charge is 0.361 e. The third-order valence-electron chi connectivity index (χ3n) is 6.55. The number of carbonyl (C=O) groups excluding carboxylic acids is 5. The number of aromatic amines is 1. The van der Waals surface area contributed by atoms with E-state index in [1.165, 1.54) is 6.92 Å². The van der Waals surface area contributed by atoms with E-state index in [-0.39, 0.29) is 43.5 Å². The van der Waals surface area contributed by atoms with Gasteiger partial charge in [-0.2, -0.15) is 0 Å². The van der Waals surface area contributed by atoms with Crippen LogP contribution in [-0.2, 0) is 30.4 Å². The summed E-state index contributed by atoms with van der Waals surface area (Å²) in [4.78, 5) is 66.9. The van der Waals surface area contributed by atoms with Crippen molar-refractivity contribution < 1.29 is 24.0 Å². The van der Waals surface area contributed by atoms with E-state index in [1.54, 1.807) is 6.20 Å². The lowest BCUT2D eigenvalue weighted by Crippen LogP contribution is -2.58. The lowest BCUT2D eigenvalue weighted by atomic mass is 10.0. The molecule has 38 heavy (non-hydrogen) atoms. The minimum absolute atomic E-state index is 0.0226. The first-order valence-electron chi connectivity index (χ1n) is 13.1. The molecular weight excluding hydrogens is 488 g/mol. The smallest absolute Gasteiger partial charge is 0.243 e. The second kappa shape index (κ2) is 13.6. The molecule has 2 aromatic rings. The molecule has 1 aromatic heterocycles.